The Bertz CT molecular complexity index is 223. The van der Waals surface area contributed by atoms with Crippen molar-refractivity contribution in [3.63, 3.8) is 0 Å². The molecule has 0 aliphatic carbocycles. The number of rotatable bonds is 2. The highest BCUT2D eigenvalue weighted by atomic mass is 16.5. The monoisotopic (exact) mass is 227 g/mol. The highest BCUT2D eigenvalue weighted by Gasteiger charge is 2.18. The number of nitrogens with zero attached hydrogens (tertiary/aromatic N) is 1. The van der Waals surface area contributed by atoms with Crippen LogP contribution in [0.25, 0.3) is 0 Å². The Morgan fingerprint density at radius 3 is 2.94 bits per heavy atom. The van der Waals surface area contributed by atoms with Gasteiger partial charge in [-0.1, -0.05) is 0 Å². The zero-order valence-electron chi connectivity index (χ0n) is 9.71. The standard InChI is InChI=1S/C11H21N3O2/c15-11(14-4-6-16-7-5-14)13-9-10-2-1-3-12-8-10/h10,12H,1-9H2,(H,13,15)/t10-/m0/s1. The van der Waals surface area contributed by atoms with Crippen molar-refractivity contribution < 1.29 is 9.53 Å². The van der Waals surface area contributed by atoms with Crippen LogP contribution in [0, 0.1) is 5.92 Å². The van der Waals surface area contributed by atoms with Gasteiger partial charge in [0.2, 0.25) is 0 Å². The third-order valence-electron chi connectivity index (χ3n) is 3.24. The van der Waals surface area contributed by atoms with Crippen LogP contribution < -0.4 is 10.6 Å². The van der Waals surface area contributed by atoms with Gasteiger partial charge in [-0.05, 0) is 31.8 Å². The fourth-order valence-corrected chi connectivity index (χ4v) is 2.21. The van der Waals surface area contributed by atoms with E-state index in [0.717, 1.165) is 32.7 Å². The van der Waals surface area contributed by atoms with Crippen LogP contribution in [-0.2, 0) is 4.74 Å². The quantitative estimate of drug-likeness (QED) is 0.699. The topological polar surface area (TPSA) is 53.6 Å². The van der Waals surface area contributed by atoms with Crippen molar-refractivity contribution in [3.05, 3.63) is 0 Å². The number of nitrogens with one attached hydrogen (secondary N) is 2. The van der Waals surface area contributed by atoms with Crippen molar-refractivity contribution in [3.8, 4) is 0 Å². The molecular formula is C11H21N3O2. The molecule has 0 saturated carbocycles. The minimum Gasteiger partial charge on any atom is -0.378 e. The largest absolute Gasteiger partial charge is 0.378 e. The van der Waals surface area contributed by atoms with Crippen LogP contribution in [0.2, 0.25) is 0 Å². The third-order valence-corrected chi connectivity index (χ3v) is 3.24. The summed E-state index contributed by atoms with van der Waals surface area (Å²) < 4.78 is 5.21. The number of piperidine rings is 1. The van der Waals surface area contributed by atoms with Gasteiger partial charge in [0.05, 0.1) is 13.2 Å². The van der Waals surface area contributed by atoms with Gasteiger partial charge in [-0.15, -0.1) is 0 Å². The lowest BCUT2D eigenvalue weighted by Gasteiger charge is -2.29. The van der Waals surface area contributed by atoms with E-state index in [1.807, 2.05) is 4.90 Å². The highest BCUT2D eigenvalue weighted by molar-refractivity contribution is 5.74. The van der Waals surface area contributed by atoms with Crippen LogP contribution in [0.1, 0.15) is 12.8 Å². The number of carbonyl (C=O) groups excluding carboxylic acids is 1. The smallest absolute Gasteiger partial charge is 0.317 e. The molecule has 5 nitrogen and oxygen atoms in total. The Morgan fingerprint density at radius 1 is 1.44 bits per heavy atom. The number of ether oxygens (including phenoxy) is 1. The Hall–Kier alpha value is -0.810. The van der Waals surface area contributed by atoms with Gasteiger partial charge in [-0.25, -0.2) is 4.79 Å². The molecule has 92 valence electrons. The van der Waals surface area contributed by atoms with Crippen LogP contribution in [0.4, 0.5) is 4.79 Å². The molecule has 2 amide bonds. The van der Waals surface area contributed by atoms with Crippen LogP contribution in [-0.4, -0.2) is 56.9 Å². The van der Waals surface area contributed by atoms with Crippen LogP contribution >= 0.6 is 0 Å². The highest BCUT2D eigenvalue weighted by Crippen LogP contribution is 2.08. The van der Waals surface area contributed by atoms with Crippen LogP contribution in [0.3, 0.4) is 0 Å². The summed E-state index contributed by atoms with van der Waals surface area (Å²) in [5, 5.41) is 6.37. The molecule has 0 spiro atoms. The van der Waals surface area contributed by atoms with Crippen molar-refractivity contribution in [2.75, 3.05) is 45.9 Å². The Morgan fingerprint density at radius 2 is 2.25 bits per heavy atom. The number of amides is 2. The lowest BCUT2D eigenvalue weighted by molar-refractivity contribution is 0.0529. The van der Waals surface area contributed by atoms with E-state index in [1.54, 1.807) is 0 Å². The van der Waals surface area contributed by atoms with Gasteiger partial charge in [0.25, 0.3) is 0 Å². The molecule has 2 saturated heterocycles. The van der Waals surface area contributed by atoms with Crippen molar-refractivity contribution in [2.45, 2.75) is 12.8 Å². The summed E-state index contributed by atoms with van der Waals surface area (Å²) in [5.74, 6) is 0.596. The van der Waals surface area contributed by atoms with E-state index in [2.05, 4.69) is 10.6 Å². The van der Waals surface area contributed by atoms with E-state index in [0.29, 0.717) is 19.1 Å². The minimum atomic E-state index is 0.0638. The van der Waals surface area contributed by atoms with Crippen molar-refractivity contribution in [2.24, 2.45) is 5.92 Å². The van der Waals surface area contributed by atoms with E-state index in [-0.39, 0.29) is 6.03 Å². The summed E-state index contributed by atoms with van der Waals surface area (Å²) in [5.41, 5.74) is 0. The van der Waals surface area contributed by atoms with Gasteiger partial charge < -0.3 is 20.3 Å². The summed E-state index contributed by atoms with van der Waals surface area (Å²) >= 11 is 0. The molecule has 2 N–H and O–H groups in total. The molecule has 16 heavy (non-hydrogen) atoms. The average Bonchev–Trinajstić information content (AvgIpc) is 2.38. The van der Waals surface area contributed by atoms with Crippen molar-refractivity contribution in [1.82, 2.24) is 15.5 Å². The second kappa shape index (κ2) is 6.06. The molecule has 1 atom stereocenters. The van der Waals surface area contributed by atoms with E-state index in [9.17, 15) is 4.79 Å². The fraction of sp³-hybridized carbons (Fsp3) is 0.909. The van der Waals surface area contributed by atoms with E-state index >= 15 is 0 Å². The predicted octanol–water partition coefficient (Wildman–Crippen LogP) is 0.0278. The van der Waals surface area contributed by atoms with Gasteiger partial charge in [-0.2, -0.15) is 0 Å². The van der Waals surface area contributed by atoms with Crippen LogP contribution in [0.5, 0.6) is 0 Å². The summed E-state index contributed by atoms with van der Waals surface area (Å²) in [6.07, 6.45) is 2.44. The molecule has 0 bridgehead atoms. The first-order chi connectivity index (χ1) is 7.86. The Labute approximate surface area is 96.5 Å². The molecule has 0 radical (unpaired) electrons. The number of hydrogen-bond donors (Lipinski definition) is 2. The van der Waals surface area contributed by atoms with E-state index < -0.39 is 0 Å². The lowest BCUT2D eigenvalue weighted by Crippen LogP contribution is -2.48. The molecule has 2 fully saturated rings. The second-order valence-corrected chi connectivity index (χ2v) is 4.50. The normalized spacial score (nSPS) is 26.5. The molecule has 2 aliphatic heterocycles. The SMILES string of the molecule is O=C(NC[C@H]1CCCNC1)N1CCOCC1. The zero-order chi connectivity index (χ0) is 11.2. The number of urea groups is 1. The zero-order valence-corrected chi connectivity index (χ0v) is 9.71. The average molecular weight is 227 g/mol. The lowest BCUT2D eigenvalue weighted by atomic mass is 10.00. The summed E-state index contributed by atoms with van der Waals surface area (Å²) in [4.78, 5) is 13.6. The van der Waals surface area contributed by atoms with Crippen molar-refractivity contribution in [1.29, 1.82) is 0 Å². The number of carbonyl (C=O) groups is 1. The molecule has 0 aromatic carbocycles. The first-order valence-electron chi connectivity index (χ1n) is 6.17. The first kappa shape index (κ1) is 11.7. The van der Waals surface area contributed by atoms with Gasteiger partial charge in [0, 0.05) is 19.6 Å². The molecule has 0 aromatic heterocycles. The number of hydrogen-bond acceptors (Lipinski definition) is 3. The maximum Gasteiger partial charge on any atom is 0.317 e. The predicted molar refractivity (Wildman–Crippen MR) is 61.4 cm³/mol. The summed E-state index contributed by atoms with van der Waals surface area (Å²) in [6.45, 7) is 5.71. The van der Waals surface area contributed by atoms with Crippen molar-refractivity contribution >= 4 is 6.03 Å². The van der Waals surface area contributed by atoms with E-state index in [1.165, 1.54) is 12.8 Å². The maximum atomic E-state index is 11.8. The van der Waals surface area contributed by atoms with Gasteiger partial charge in [0.15, 0.2) is 0 Å². The Kier molecular flexibility index (Phi) is 4.42. The first-order valence-corrected chi connectivity index (χ1v) is 6.17. The molecular weight excluding hydrogens is 206 g/mol. The van der Waals surface area contributed by atoms with Gasteiger partial charge in [-0.3, -0.25) is 0 Å². The van der Waals surface area contributed by atoms with Gasteiger partial charge >= 0.3 is 6.03 Å². The molecule has 2 rings (SSSR count). The molecule has 5 heteroatoms. The third kappa shape index (κ3) is 3.35. The fourth-order valence-electron chi connectivity index (χ4n) is 2.21. The minimum absolute atomic E-state index is 0.0638. The molecule has 0 unspecified atom stereocenters. The van der Waals surface area contributed by atoms with E-state index in [4.69, 9.17) is 4.74 Å². The molecule has 2 aliphatic rings. The summed E-state index contributed by atoms with van der Waals surface area (Å²) in [7, 11) is 0. The van der Waals surface area contributed by atoms with Crippen LogP contribution in [0.15, 0.2) is 0 Å². The maximum absolute atomic E-state index is 11.8. The number of morpholine rings is 1. The molecule has 0 aromatic rings. The molecule has 2 heterocycles. The Balaban J connectivity index is 1.65. The summed E-state index contributed by atoms with van der Waals surface area (Å²) in [6, 6.07) is 0.0638. The second-order valence-electron chi connectivity index (χ2n) is 4.50. The van der Waals surface area contributed by atoms with Gasteiger partial charge in [0.1, 0.15) is 0 Å².